The second-order valence-electron chi connectivity index (χ2n) is 5.46. The number of aliphatic hydroxyl groups excluding tert-OH is 1. The first kappa shape index (κ1) is 17.2. The third-order valence-electron chi connectivity index (χ3n) is 3.18. The van der Waals surface area contributed by atoms with Crippen molar-refractivity contribution >= 4 is 5.91 Å². The molecule has 0 aliphatic heterocycles. The van der Waals surface area contributed by atoms with Crippen LogP contribution in [-0.4, -0.2) is 49.2 Å². The second-order valence-corrected chi connectivity index (χ2v) is 5.46. The van der Waals surface area contributed by atoms with E-state index in [2.05, 4.69) is 22.1 Å². The molecule has 0 saturated heterocycles. The minimum Gasteiger partial charge on any atom is -0.384 e. The molecule has 1 rings (SSSR count). The Hall–Kier alpha value is -1.83. The Balaban J connectivity index is 2.77. The molecular weight excluding hydrogens is 264 g/mol. The smallest absolute Gasteiger partial charge is 0.251 e. The van der Waals surface area contributed by atoms with Crippen molar-refractivity contribution in [1.29, 1.82) is 0 Å². The molecule has 1 unspecified atom stereocenters. The molecule has 21 heavy (non-hydrogen) atoms. The molecule has 0 fully saturated rings. The van der Waals surface area contributed by atoms with Crippen LogP contribution in [0.3, 0.4) is 0 Å². The lowest BCUT2D eigenvalue weighted by molar-refractivity contribution is 0.0936. The summed E-state index contributed by atoms with van der Waals surface area (Å²) in [7, 11) is 4.03. The van der Waals surface area contributed by atoms with Crippen LogP contribution in [0.5, 0.6) is 0 Å². The van der Waals surface area contributed by atoms with Gasteiger partial charge in [-0.05, 0) is 58.6 Å². The summed E-state index contributed by atoms with van der Waals surface area (Å²) < 4.78 is 0. The maximum Gasteiger partial charge on any atom is 0.251 e. The van der Waals surface area contributed by atoms with Crippen LogP contribution in [-0.2, 0) is 0 Å². The van der Waals surface area contributed by atoms with Gasteiger partial charge in [-0.25, -0.2) is 0 Å². The van der Waals surface area contributed by atoms with Gasteiger partial charge in [0.15, 0.2) is 0 Å². The van der Waals surface area contributed by atoms with Crippen molar-refractivity contribution in [2.45, 2.75) is 26.3 Å². The highest BCUT2D eigenvalue weighted by molar-refractivity contribution is 5.96. The lowest BCUT2D eigenvalue weighted by atomic mass is 10.0. The Labute approximate surface area is 127 Å². The summed E-state index contributed by atoms with van der Waals surface area (Å²) in [6, 6.07) is 5.61. The van der Waals surface area contributed by atoms with E-state index < -0.39 is 0 Å². The third kappa shape index (κ3) is 5.99. The first-order valence-corrected chi connectivity index (χ1v) is 7.10. The number of aryl methyl sites for hydroxylation is 1. The Morgan fingerprint density at radius 3 is 2.76 bits per heavy atom. The fourth-order valence-corrected chi connectivity index (χ4v) is 1.91. The van der Waals surface area contributed by atoms with E-state index in [0.717, 1.165) is 24.1 Å². The molecule has 0 aromatic heterocycles. The van der Waals surface area contributed by atoms with Crippen molar-refractivity contribution in [3.63, 3.8) is 0 Å². The molecule has 0 bridgehead atoms. The quantitative estimate of drug-likeness (QED) is 0.806. The molecule has 1 atom stereocenters. The van der Waals surface area contributed by atoms with E-state index in [9.17, 15) is 4.79 Å². The molecule has 1 amide bonds. The SMILES string of the molecule is Cc1ccc(C#CCO)cc1C(=O)NC(C)CCN(C)C. The topological polar surface area (TPSA) is 52.6 Å². The molecule has 4 nitrogen and oxygen atoms in total. The number of carbonyl (C=O) groups excluding carboxylic acids is 1. The van der Waals surface area contributed by atoms with E-state index in [1.807, 2.05) is 40.1 Å². The Bertz CT molecular complexity index is 541. The van der Waals surface area contributed by atoms with E-state index in [0.29, 0.717) is 5.56 Å². The Kier molecular flexibility index (Phi) is 6.93. The summed E-state index contributed by atoms with van der Waals surface area (Å²) in [6.45, 7) is 4.66. The maximum absolute atomic E-state index is 12.3. The van der Waals surface area contributed by atoms with E-state index in [4.69, 9.17) is 5.11 Å². The predicted octanol–water partition coefficient (Wildman–Crippen LogP) is 1.41. The molecule has 0 heterocycles. The van der Waals surface area contributed by atoms with Gasteiger partial charge >= 0.3 is 0 Å². The van der Waals surface area contributed by atoms with Gasteiger partial charge in [-0.3, -0.25) is 4.79 Å². The molecule has 0 spiro atoms. The Morgan fingerprint density at radius 2 is 2.14 bits per heavy atom. The van der Waals surface area contributed by atoms with E-state index >= 15 is 0 Å². The van der Waals surface area contributed by atoms with Gasteiger partial charge < -0.3 is 15.3 Å². The van der Waals surface area contributed by atoms with Crippen LogP contribution in [0.1, 0.15) is 34.8 Å². The standard InChI is InChI=1S/C17H24N2O2/c1-13-7-8-15(6-5-11-20)12-16(13)17(21)18-14(2)9-10-19(3)4/h7-8,12,14,20H,9-11H2,1-4H3,(H,18,21). The highest BCUT2D eigenvalue weighted by Gasteiger charge is 2.12. The van der Waals surface area contributed by atoms with Gasteiger partial charge in [-0.15, -0.1) is 0 Å². The van der Waals surface area contributed by atoms with Crippen LogP contribution in [0.25, 0.3) is 0 Å². The minimum absolute atomic E-state index is 0.0774. The summed E-state index contributed by atoms with van der Waals surface area (Å²) >= 11 is 0. The van der Waals surface area contributed by atoms with Gasteiger partial charge in [0.05, 0.1) is 0 Å². The summed E-state index contributed by atoms with van der Waals surface area (Å²) in [5, 5.41) is 11.7. The molecule has 2 N–H and O–H groups in total. The fraction of sp³-hybridized carbons (Fsp3) is 0.471. The molecule has 0 saturated carbocycles. The second kappa shape index (κ2) is 8.46. The summed E-state index contributed by atoms with van der Waals surface area (Å²) in [5.74, 6) is 5.34. The van der Waals surface area contributed by atoms with Gasteiger partial charge in [0.25, 0.3) is 5.91 Å². The van der Waals surface area contributed by atoms with Gasteiger partial charge in [0, 0.05) is 17.2 Å². The number of hydrogen-bond acceptors (Lipinski definition) is 3. The molecule has 4 heteroatoms. The van der Waals surface area contributed by atoms with E-state index in [1.54, 1.807) is 6.07 Å². The predicted molar refractivity (Wildman–Crippen MR) is 85.2 cm³/mol. The zero-order valence-electron chi connectivity index (χ0n) is 13.2. The number of hydrogen-bond donors (Lipinski definition) is 2. The normalized spacial score (nSPS) is 11.7. The van der Waals surface area contributed by atoms with Crippen LogP contribution < -0.4 is 5.32 Å². The van der Waals surface area contributed by atoms with E-state index in [1.165, 1.54) is 0 Å². The summed E-state index contributed by atoms with van der Waals surface area (Å²) in [4.78, 5) is 14.4. The summed E-state index contributed by atoms with van der Waals surface area (Å²) in [6.07, 6.45) is 0.905. The lowest BCUT2D eigenvalue weighted by Crippen LogP contribution is -2.35. The lowest BCUT2D eigenvalue weighted by Gasteiger charge is -2.17. The van der Waals surface area contributed by atoms with Gasteiger partial charge in [-0.1, -0.05) is 17.9 Å². The van der Waals surface area contributed by atoms with Crippen LogP contribution in [0, 0.1) is 18.8 Å². The summed E-state index contributed by atoms with van der Waals surface area (Å²) in [5.41, 5.74) is 2.29. The zero-order valence-corrected chi connectivity index (χ0v) is 13.2. The number of amides is 1. The largest absolute Gasteiger partial charge is 0.384 e. The van der Waals surface area contributed by atoms with Crippen molar-refractivity contribution < 1.29 is 9.90 Å². The highest BCUT2D eigenvalue weighted by atomic mass is 16.2. The average molecular weight is 288 g/mol. The van der Waals surface area contributed by atoms with Crippen LogP contribution in [0.4, 0.5) is 0 Å². The molecule has 1 aromatic carbocycles. The fourth-order valence-electron chi connectivity index (χ4n) is 1.91. The van der Waals surface area contributed by atoms with Crippen molar-refractivity contribution in [2.24, 2.45) is 0 Å². The van der Waals surface area contributed by atoms with Crippen LogP contribution >= 0.6 is 0 Å². The number of nitrogens with zero attached hydrogens (tertiary/aromatic N) is 1. The minimum atomic E-state index is -0.184. The van der Waals surface area contributed by atoms with Crippen molar-refractivity contribution in [3.05, 3.63) is 34.9 Å². The number of benzene rings is 1. The first-order chi connectivity index (χ1) is 9.93. The Morgan fingerprint density at radius 1 is 1.43 bits per heavy atom. The van der Waals surface area contributed by atoms with Crippen molar-refractivity contribution in [2.75, 3.05) is 27.2 Å². The molecule has 1 aromatic rings. The molecule has 0 aliphatic carbocycles. The van der Waals surface area contributed by atoms with Crippen molar-refractivity contribution in [1.82, 2.24) is 10.2 Å². The highest BCUT2D eigenvalue weighted by Crippen LogP contribution is 2.11. The third-order valence-corrected chi connectivity index (χ3v) is 3.18. The van der Waals surface area contributed by atoms with Crippen molar-refractivity contribution in [3.8, 4) is 11.8 Å². The van der Waals surface area contributed by atoms with Gasteiger partial charge in [0.1, 0.15) is 6.61 Å². The molecule has 114 valence electrons. The van der Waals surface area contributed by atoms with Gasteiger partial charge in [-0.2, -0.15) is 0 Å². The zero-order chi connectivity index (χ0) is 15.8. The van der Waals surface area contributed by atoms with E-state index in [-0.39, 0.29) is 18.6 Å². The monoisotopic (exact) mass is 288 g/mol. The van der Waals surface area contributed by atoms with Crippen LogP contribution in [0.2, 0.25) is 0 Å². The number of nitrogens with one attached hydrogen (secondary N) is 1. The number of rotatable bonds is 5. The van der Waals surface area contributed by atoms with Gasteiger partial charge in [0.2, 0.25) is 0 Å². The number of carbonyl (C=O) groups is 1. The number of aliphatic hydroxyl groups is 1. The molecular formula is C17H24N2O2. The molecule has 0 aliphatic rings. The average Bonchev–Trinajstić information content (AvgIpc) is 2.44. The first-order valence-electron chi connectivity index (χ1n) is 7.10. The van der Waals surface area contributed by atoms with Crippen LogP contribution in [0.15, 0.2) is 18.2 Å². The molecule has 0 radical (unpaired) electrons. The maximum atomic E-state index is 12.3.